The van der Waals surface area contributed by atoms with E-state index in [0.717, 1.165) is 11.4 Å². The molecule has 12 heteroatoms. The Bertz CT molecular complexity index is 1320. The zero-order chi connectivity index (χ0) is 25.3. The second-order valence-electron chi connectivity index (χ2n) is 7.49. The van der Waals surface area contributed by atoms with Gasteiger partial charge in [0.05, 0.1) is 36.1 Å². The van der Waals surface area contributed by atoms with Crippen LogP contribution >= 0.6 is 11.6 Å². The van der Waals surface area contributed by atoms with Gasteiger partial charge in [-0.05, 0) is 48.9 Å². The first-order chi connectivity index (χ1) is 16.6. The van der Waals surface area contributed by atoms with Gasteiger partial charge in [0, 0.05) is 11.2 Å². The molecule has 1 N–H and O–H groups in total. The summed E-state index contributed by atoms with van der Waals surface area (Å²) in [4.78, 5) is 33.0. The molecular formula is C23H18ClF3N4O4. The maximum atomic E-state index is 12.9. The predicted molar refractivity (Wildman–Crippen MR) is 121 cm³/mol. The van der Waals surface area contributed by atoms with Gasteiger partial charge in [-0.25, -0.2) is 9.78 Å². The molecule has 0 bridgehead atoms. The topological polar surface area (TPSA) is 85.7 Å². The summed E-state index contributed by atoms with van der Waals surface area (Å²) in [6.07, 6.45) is -0.122. The van der Waals surface area contributed by atoms with Crippen LogP contribution in [-0.4, -0.2) is 40.9 Å². The highest BCUT2D eigenvalue weighted by molar-refractivity contribution is 6.31. The number of hydroxylamine groups is 1. The standard InChI is InChI=1S/C23H18ClF3N4O4/c1-13-11-30(12-28-13)17-7-3-14(9-19(17)34-2)4-8-20-29-21(32)16-6-5-15(24)10-18(16)31(20)35-22(33)23(25,26)27/h3-12,20H,1-2H3,(H,29,32). The number of halogens is 4. The van der Waals surface area contributed by atoms with Crippen LogP contribution in [0.4, 0.5) is 18.9 Å². The van der Waals surface area contributed by atoms with Crippen molar-refractivity contribution < 1.29 is 32.3 Å². The maximum absolute atomic E-state index is 12.9. The van der Waals surface area contributed by atoms with Gasteiger partial charge in [0.15, 0.2) is 6.17 Å². The molecule has 1 aliphatic rings. The lowest BCUT2D eigenvalue weighted by atomic mass is 10.1. The Kier molecular flexibility index (Phi) is 6.44. The van der Waals surface area contributed by atoms with Gasteiger partial charge in [0.25, 0.3) is 5.91 Å². The number of ether oxygens (including phenoxy) is 1. The van der Waals surface area contributed by atoms with Crippen molar-refractivity contribution >= 4 is 35.2 Å². The van der Waals surface area contributed by atoms with E-state index >= 15 is 0 Å². The Morgan fingerprint density at radius 1 is 1.20 bits per heavy atom. The van der Waals surface area contributed by atoms with Crippen molar-refractivity contribution in [2.24, 2.45) is 0 Å². The van der Waals surface area contributed by atoms with Crippen LogP contribution in [0.5, 0.6) is 5.75 Å². The molecule has 2 heterocycles. The van der Waals surface area contributed by atoms with E-state index < -0.39 is 24.2 Å². The summed E-state index contributed by atoms with van der Waals surface area (Å²) in [6, 6.07) is 9.17. The van der Waals surface area contributed by atoms with E-state index in [9.17, 15) is 22.8 Å². The van der Waals surface area contributed by atoms with Crippen molar-refractivity contribution in [1.29, 1.82) is 0 Å². The first-order valence-corrected chi connectivity index (χ1v) is 10.5. The molecule has 1 unspecified atom stereocenters. The first kappa shape index (κ1) is 24.1. The number of alkyl halides is 3. The molecule has 1 atom stereocenters. The lowest BCUT2D eigenvalue weighted by Crippen LogP contribution is -2.53. The van der Waals surface area contributed by atoms with E-state index in [2.05, 4.69) is 15.1 Å². The van der Waals surface area contributed by atoms with E-state index in [-0.39, 0.29) is 16.3 Å². The molecule has 3 aromatic rings. The monoisotopic (exact) mass is 506 g/mol. The van der Waals surface area contributed by atoms with Gasteiger partial charge in [-0.1, -0.05) is 23.7 Å². The quantitative estimate of drug-likeness (QED) is 0.550. The van der Waals surface area contributed by atoms with E-state index in [1.165, 1.54) is 31.4 Å². The molecule has 0 saturated heterocycles. The van der Waals surface area contributed by atoms with Gasteiger partial charge in [-0.15, -0.1) is 0 Å². The molecule has 35 heavy (non-hydrogen) atoms. The Hall–Kier alpha value is -3.99. The lowest BCUT2D eigenvalue weighted by molar-refractivity contribution is -0.202. The molecule has 1 aliphatic heterocycles. The number of hydrogen-bond donors (Lipinski definition) is 1. The lowest BCUT2D eigenvalue weighted by Gasteiger charge is -2.35. The van der Waals surface area contributed by atoms with Crippen LogP contribution in [0.3, 0.4) is 0 Å². The molecule has 1 aromatic heterocycles. The van der Waals surface area contributed by atoms with Crippen LogP contribution in [0.25, 0.3) is 11.8 Å². The summed E-state index contributed by atoms with van der Waals surface area (Å²) >= 11 is 5.98. The number of anilines is 1. The number of aromatic nitrogens is 2. The number of carbonyl (C=O) groups is 2. The Balaban J connectivity index is 1.67. The fourth-order valence-corrected chi connectivity index (χ4v) is 3.61. The molecule has 0 radical (unpaired) electrons. The number of nitrogens with zero attached hydrogens (tertiary/aromatic N) is 3. The van der Waals surface area contributed by atoms with Crippen molar-refractivity contribution in [1.82, 2.24) is 14.9 Å². The van der Waals surface area contributed by atoms with Crippen molar-refractivity contribution in [3.63, 3.8) is 0 Å². The van der Waals surface area contributed by atoms with Crippen LogP contribution < -0.4 is 15.1 Å². The predicted octanol–water partition coefficient (Wildman–Crippen LogP) is 4.45. The highest BCUT2D eigenvalue weighted by Crippen LogP contribution is 2.32. The number of methoxy groups -OCH3 is 1. The van der Waals surface area contributed by atoms with Gasteiger partial charge in [0.1, 0.15) is 5.75 Å². The molecular weight excluding hydrogens is 489 g/mol. The maximum Gasteiger partial charge on any atom is 0.493 e. The van der Waals surface area contributed by atoms with Crippen molar-refractivity contribution in [3.05, 3.63) is 76.8 Å². The van der Waals surface area contributed by atoms with Gasteiger partial charge in [-0.2, -0.15) is 18.2 Å². The first-order valence-electron chi connectivity index (χ1n) is 10.1. The summed E-state index contributed by atoms with van der Waals surface area (Å²) in [5.74, 6) is -2.51. The fourth-order valence-electron chi connectivity index (χ4n) is 3.44. The van der Waals surface area contributed by atoms with E-state index in [0.29, 0.717) is 16.4 Å². The number of hydrogen-bond acceptors (Lipinski definition) is 6. The molecule has 0 aliphatic carbocycles. The minimum atomic E-state index is -5.25. The number of aryl methyl sites for hydroxylation is 1. The molecule has 0 spiro atoms. The van der Waals surface area contributed by atoms with Gasteiger partial charge in [0.2, 0.25) is 0 Å². The number of rotatable bonds is 5. The van der Waals surface area contributed by atoms with Gasteiger partial charge < -0.3 is 19.5 Å². The average Bonchev–Trinajstić information content (AvgIpc) is 3.24. The molecule has 4 rings (SSSR count). The third kappa shape index (κ3) is 5.09. The summed E-state index contributed by atoms with van der Waals surface area (Å²) in [5, 5.41) is 3.31. The Morgan fingerprint density at radius 2 is 1.97 bits per heavy atom. The van der Waals surface area contributed by atoms with E-state index in [1.54, 1.807) is 35.2 Å². The fraction of sp³-hybridized carbons (Fsp3) is 0.174. The van der Waals surface area contributed by atoms with E-state index in [1.807, 2.05) is 13.1 Å². The summed E-state index contributed by atoms with van der Waals surface area (Å²) in [7, 11) is 1.50. The number of fused-ring (bicyclic) bond motifs is 1. The minimum absolute atomic E-state index is 0.00401. The summed E-state index contributed by atoms with van der Waals surface area (Å²) in [5.41, 5.74) is 2.06. The molecule has 182 valence electrons. The number of amides is 1. The third-order valence-electron chi connectivity index (χ3n) is 5.05. The average molecular weight is 507 g/mol. The normalized spacial score (nSPS) is 15.7. The zero-order valence-corrected chi connectivity index (χ0v) is 19.1. The molecule has 8 nitrogen and oxygen atoms in total. The summed E-state index contributed by atoms with van der Waals surface area (Å²) in [6.45, 7) is 1.85. The van der Waals surface area contributed by atoms with Crippen LogP contribution in [-0.2, 0) is 9.63 Å². The van der Waals surface area contributed by atoms with Gasteiger partial charge >= 0.3 is 12.1 Å². The number of imidazole rings is 1. The highest BCUT2D eigenvalue weighted by atomic mass is 35.5. The number of nitrogens with one attached hydrogen (secondary N) is 1. The highest BCUT2D eigenvalue weighted by Gasteiger charge is 2.45. The summed E-state index contributed by atoms with van der Waals surface area (Å²) < 4.78 is 46.0. The van der Waals surface area contributed by atoms with Crippen molar-refractivity contribution in [3.8, 4) is 11.4 Å². The van der Waals surface area contributed by atoms with E-state index in [4.69, 9.17) is 16.3 Å². The van der Waals surface area contributed by atoms with Gasteiger partial charge in [-0.3, -0.25) is 4.79 Å². The molecule has 2 aromatic carbocycles. The Morgan fingerprint density at radius 3 is 2.63 bits per heavy atom. The van der Waals surface area contributed by atoms with Crippen LogP contribution in [0, 0.1) is 6.92 Å². The van der Waals surface area contributed by atoms with Crippen LogP contribution in [0.15, 0.2) is 55.0 Å². The zero-order valence-electron chi connectivity index (χ0n) is 18.3. The van der Waals surface area contributed by atoms with Crippen molar-refractivity contribution in [2.75, 3.05) is 12.2 Å². The second kappa shape index (κ2) is 9.34. The minimum Gasteiger partial charge on any atom is -0.495 e. The Labute approximate surface area is 202 Å². The largest absolute Gasteiger partial charge is 0.495 e. The third-order valence-corrected chi connectivity index (χ3v) is 5.29. The van der Waals surface area contributed by atoms with Crippen LogP contribution in [0.2, 0.25) is 5.02 Å². The number of carbonyl (C=O) groups excluding carboxylic acids is 2. The second-order valence-corrected chi connectivity index (χ2v) is 7.93. The molecule has 1 amide bonds. The smallest absolute Gasteiger partial charge is 0.493 e. The SMILES string of the molecule is COc1cc(C=CC2NC(=O)c3ccc(Cl)cc3N2OC(=O)C(F)(F)F)ccc1-n1cnc(C)c1. The molecule has 0 fully saturated rings. The number of benzene rings is 2. The van der Waals surface area contributed by atoms with Crippen LogP contribution in [0.1, 0.15) is 21.6 Å². The van der Waals surface area contributed by atoms with Crippen molar-refractivity contribution in [2.45, 2.75) is 19.3 Å². The molecule has 0 saturated carbocycles.